The summed E-state index contributed by atoms with van der Waals surface area (Å²) in [6, 6.07) is 21.8. The number of H-pyrrole nitrogens is 1. The molecule has 190 valence electrons. The number of rotatable bonds is 7. The van der Waals surface area contributed by atoms with E-state index in [1.54, 1.807) is 19.1 Å². The zero-order chi connectivity index (χ0) is 26.2. The summed E-state index contributed by atoms with van der Waals surface area (Å²) in [4.78, 5) is 23.7. The first-order valence-corrected chi connectivity index (χ1v) is 12.5. The van der Waals surface area contributed by atoms with Gasteiger partial charge in [0.2, 0.25) is 0 Å². The molecule has 6 rings (SSSR count). The number of methoxy groups -OCH3 is 2. The van der Waals surface area contributed by atoms with Gasteiger partial charge in [0.15, 0.2) is 0 Å². The third-order valence-electron chi connectivity index (χ3n) is 7.09. The summed E-state index contributed by atoms with van der Waals surface area (Å²) in [5.74, 6) is 2.09. The van der Waals surface area contributed by atoms with Crippen LogP contribution in [0.25, 0.3) is 27.9 Å². The maximum Gasteiger partial charge on any atom is 0.278 e. The minimum absolute atomic E-state index is 0.110. The van der Waals surface area contributed by atoms with Crippen molar-refractivity contribution in [2.75, 3.05) is 20.8 Å². The van der Waals surface area contributed by atoms with Gasteiger partial charge in [-0.25, -0.2) is 4.99 Å². The molecule has 0 saturated carbocycles. The first-order valence-electron chi connectivity index (χ1n) is 12.5. The quantitative estimate of drug-likeness (QED) is 0.296. The fourth-order valence-electron chi connectivity index (χ4n) is 5.08. The van der Waals surface area contributed by atoms with Crippen molar-refractivity contribution in [1.82, 2.24) is 14.5 Å². The molecule has 0 aliphatic carbocycles. The molecule has 0 unspecified atom stereocenters. The Bertz CT molecular complexity index is 1720. The van der Waals surface area contributed by atoms with Crippen LogP contribution in [0, 0.1) is 0 Å². The molecule has 0 fully saturated rings. The lowest BCUT2D eigenvalue weighted by molar-refractivity contribution is -0.122. The Balaban J connectivity index is 1.37. The number of hydrogen-bond acceptors (Lipinski definition) is 4. The Morgan fingerprint density at radius 1 is 0.947 bits per heavy atom. The van der Waals surface area contributed by atoms with E-state index in [0.29, 0.717) is 24.5 Å². The van der Waals surface area contributed by atoms with Gasteiger partial charge in [-0.2, -0.15) is 0 Å². The number of carbonyl (C=O) groups is 1. The molecule has 1 N–H and O–H groups in total. The Labute approximate surface area is 220 Å². The third-order valence-corrected chi connectivity index (χ3v) is 7.09. The second kappa shape index (κ2) is 9.59. The number of para-hydroxylation sites is 1. The van der Waals surface area contributed by atoms with Gasteiger partial charge in [-0.3, -0.25) is 9.69 Å². The third kappa shape index (κ3) is 4.12. The number of ether oxygens (including phenoxy) is 2. The van der Waals surface area contributed by atoms with Crippen molar-refractivity contribution in [1.29, 1.82) is 0 Å². The predicted octanol–water partition coefficient (Wildman–Crippen LogP) is 5.55. The molecule has 3 aromatic carbocycles. The number of aryl methyl sites for hydroxylation is 1. The standard InChI is InChI=1S/C31H28N4O3/c1-34-19-22(25-6-4-5-7-29(25)34)16-28-31(36)35(30(33-28)20-8-10-23(37-2)11-9-20)15-14-21-18-32-27-13-12-24(38-3)17-26(21)27/h4-13,16-19,32H,14-15H2,1-3H3/b28-16-. The van der Waals surface area contributed by atoms with E-state index in [-0.39, 0.29) is 5.91 Å². The van der Waals surface area contributed by atoms with Crippen LogP contribution in [0.3, 0.4) is 0 Å². The number of aromatic nitrogens is 2. The van der Waals surface area contributed by atoms with E-state index in [9.17, 15) is 4.79 Å². The van der Waals surface area contributed by atoms with E-state index in [2.05, 4.69) is 21.7 Å². The van der Waals surface area contributed by atoms with E-state index in [1.807, 2.05) is 80.1 Å². The normalized spacial score (nSPS) is 14.6. The van der Waals surface area contributed by atoms with E-state index < -0.39 is 0 Å². The zero-order valence-corrected chi connectivity index (χ0v) is 21.6. The molecule has 1 amide bonds. The van der Waals surface area contributed by atoms with Gasteiger partial charge in [-0.15, -0.1) is 0 Å². The van der Waals surface area contributed by atoms with Crippen molar-refractivity contribution < 1.29 is 14.3 Å². The monoisotopic (exact) mass is 504 g/mol. The van der Waals surface area contributed by atoms with Crippen LogP contribution in [0.5, 0.6) is 11.5 Å². The predicted molar refractivity (Wildman–Crippen MR) is 151 cm³/mol. The maximum absolute atomic E-state index is 13.8. The molecule has 1 aliphatic rings. The van der Waals surface area contributed by atoms with Crippen molar-refractivity contribution in [2.45, 2.75) is 6.42 Å². The van der Waals surface area contributed by atoms with Crippen LogP contribution >= 0.6 is 0 Å². The van der Waals surface area contributed by atoms with E-state index >= 15 is 0 Å². The maximum atomic E-state index is 13.8. The molecule has 7 heteroatoms. The zero-order valence-electron chi connectivity index (χ0n) is 21.6. The lowest BCUT2D eigenvalue weighted by atomic mass is 10.1. The number of hydrogen-bond donors (Lipinski definition) is 1. The van der Waals surface area contributed by atoms with Crippen LogP contribution in [0.4, 0.5) is 0 Å². The fourth-order valence-corrected chi connectivity index (χ4v) is 5.08. The summed E-state index contributed by atoms with van der Waals surface area (Å²) in [5.41, 5.74) is 5.51. The van der Waals surface area contributed by atoms with Gasteiger partial charge in [-0.05, 0) is 66.6 Å². The van der Waals surface area contributed by atoms with Gasteiger partial charge >= 0.3 is 0 Å². The van der Waals surface area contributed by atoms with Crippen LogP contribution in [0.15, 0.2) is 89.8 Å². The summed E-state index contributed by atoms with van der Waals surface area (Å²) < 4.78 is 12.8. The van der Waals surface area contributed by atoms with E-state index in [1.165, 1.54) is 0 Å². The molecular formula is C31H28N4O3. The average Bonchev–Trinajstić information content (AvgIpc) is 3.61. The topological polar surface area (TPSA) is 71.9 Å². The highest BCUT2D eigenvalue weighted by molar-refractivity contribution is 6.20. The van der Waals surface area contributed by atoms with Gasteiger partial charge in [0.05, 0.1) is 14.2 Å². The number of fused-ring (bicyclic) bond motifs is 2. The minimum Gasteiger partial charge on any atom is -0.497 e. The van der Waals surface area contributed by atoms with Crippen LogP contribution < -0.4 is 9.47 Å². The lowest BCUT2D eigenvalue weighted by Crippen LogP contribution is -2.34. The second-order valence-electron chi connectivity index (χ2n) is 9.34. The van der Waals surface area contributed by atoms with Gasteiger partial charge < -0.3 is 19.0 Å². The average molecular weight is 505 g/mol. The second-order valence-corrected chi connectivity index (χ2v) is 9.34. The molecule has 38 heavy (non-hydrogen) atoms. The number of amides is 1. The molecule has 2 aromatic heterocycles. The number of amidine groups is 1. The number of carbonyl (C=O) groups excluding carboxylic acids is 1. The molecule has 0 atom stereocenters. The number of aliphatic imine (C=N–C) groups is 1. The summed E-state index contributed by atoms with van der Waals surface area (Å²) in [5, 5.41) is 2.17. The fraction of sp³-hybridized carbons (Fsp3) is 0.161. The smallest absolute Gasteiger partial charge is 0.278 e. The van der Waals surface area contributed by atoms with Crippen molar-refractivity contribution >= 4 is 39.6 Å². The molecule has 0 radical (unpaired) electrons. The molecule has 3 heterocycles. The largest absolute Gasteiger partial charge is 0.497 e. The lowest BCUT2D eigenvalue weighted by Gasteiger charge is -2.18. The van der Waals surface area contributed by atoms with Gasteiger partial charge in [0.1, 0.15) is 23.0 Å². The Morgan fingerprint density at radius 2 is 1.71 bits per heavy atom. The van der Waals surface area contributed by atoms with Crippen LogP contribution in [-0.2, 0) is 18.3 Å². The molecule has 0 spiro atoms. The van der Waals surface area contributed by atoms with E-state index in [0.717, 1.165) is 50.0 Å². The first kappa shape index (κ1) is 23.6. The highest BCUT2D eigenvalue weighted by atomic mass is 16.5. The molecule has 1 aliphatic heterocycles. The number of benzene rings is 3. The summed E-state index contributed by atoms with van der Waals surface area (Å²) in [6.45, 7) is 0.487. The molecule has 0 bridgehead atoms. The molecule has 7 nitrogen and oxygen atoms in total. The van der Waals surface area contributed by atoms with Crippen LogP contribution in [0.1, 0.15) is 16.7 Å². The van der Waals surface area contributed by atoms with Crippen LogP contribution in [0.2, 0.25) is 0 Å². The molecule has 0 saturated heterocycles. The summed E-state index contributed by atoms with van der Waals surface area (Å²) in [6.07, 6.45) is 6.59. The van der Waals surface area contributed by atoms with Crippen molar-refractivity contribution in [3.63, 3.8) is 0 Å². The molecule has 5 aromatic rings. The van der Waals surface area contributed by atoms with Crippen molar-refractivity contribution in [2.24, 2.45) is 12.0 Å². The van der Waals surface area contributed by atoms with Gasteiger partial charge in [-0.1, -0.05) is 18.2 Å². The SMILES string of the molecule is COc1ccc(C2=N/C(=C\c3cn(C)c4ccccc34)C(=O)N2CCc2c[nH]c3ccc(OC)cc23)cc1. The highest BCUT2D eigenvalue weighted by Gasteiger charge is 2.31. The van der Waals surface area contributed by atoms with Gasteiger partial charge in [0, 0.05) is 58.9 Å². The Kier molecular flexibility index (Phi) is 5.96. The Morgan fingerprint density at radius 3 is 2.50 bits per heavy atom. The number of nitrogens with one attached hydrogen (secondary N) is 1. The van der Waals surface area contributed by atoms with Crippen molar-refractivity contribution in [3.05, 3.63) is 102 Å². The summed E-state index contributed by atoms with van der Waals surface area (Å²) in [7, 11) is 5.31. The number of aromatic amines is 1. The summed E-state index contributed by atoms with van der Waals surface area (Å²) >= 11 is 0. The minimum atomic E-state index is -0.110. The molecular weight excluding hydrogens is 476 g/mol. The van der Waals surface area contributed by atoms with Gasteiger partial charge in [0.25, 0.3) is 5.91 Å². The Hall–Kier alpha value is -4.78. The van der Waals surface area contributed by atoms with E-state index in [4.69, 9.17) is 14.5 Å². The van der Waals surface area contributed by atoms with Crippen LogP contribution in [-0.4, -0.2) is 47.0 Å². The highest BCUT2D eigenvalue weighted by Crippen LogP contribution is 2.29. The number of nitrogens with zero attached hydrogens (tertiary/aromatic N) is 3. The van der Waals surface area contributed by atoms with Crippen molar-refractivity contribution in [3.8, 4) is 11.5 Å². The first-order chi connectivity index (χ1) is 18.6.